The summed E-state index contributed by atoms with van der Waals surface area (Å²) in [6.07, 6.45) is 2.13. The first-order valence-electron chi connectivity index (χ1n) is 9.28. The smallest absolute Gasteiger partial charge is 0.319 e. The first-order valence-corrected chi connectivity index (χ1v) is 10.4. The Balaban J connectivity index is 1.40. The van der Waals surface area contributed by atoms with E-state index in [1.54, 1.807) is 36.0 Å². The standard InChI is InChI=1S/C21H25N3O2S/c25-20(24-12-4-5-13-24)18-9-6-10-19(15-18)23-21(26)22-11-14-27-16-17-7-2-1-3-8-17/h1-3,6-10,15H,4-5,11-14,16H2,(H2,22,23,26). The molecule has 3 amide bonds. The van der Waals surface area contributed by atoms with Crippen LogP contribution in [0, 0.1) is 0 Å². The summed E-state index contributed by atoms with van der Waals surface area (Å²) in [4.78, 5) is 26.4. The van der Waals surface area contributed by atoms with E-state index in [1.807, 2.05) is 23.1 Å². The molecule has 1 fully saturated rings. The first kappa shape index (κ1) is 19.3. The Hall–Kier alpha value is -2.47. The Labute approximate surface area is 164 Å². The van der Waals surface area contributed by atoms with Gasteiger partial charge in [-0.2, -0.15) is 11.8 Å². The monoisotopic (exact) mass is 383 g/mol. The summed E-state index contributed by atoms with van der Waals surface area (Å²) in [7, 11) is 0. The molecule has 0 bridgehead atoms. The second-order valence-electron chi connectivity index (χ2n) is 6.50. The molecule has 0 unspecified atom stereocenters. The van der Waals surface area contributed by atoms with Crippen LogP contribution in [0.25, 0.3) is 0 Å². The Morgan fingerprint density at radius 2 is 1.78 bits per heavy atom. The number of likely N-dealkylation sites (tertiary alicyclic amines) is 1. The van der Waals surface area contributed by atoms with Gasteiger partial charge in [-0.05, 0) is 36.6 Å². The van der Waals surface area contributed by atoms with E-state index in [2.05, 4.69) is 22.8 Å². The summed E-state index contributed by atoms with van der Waals surface area (Å²) >= 11 is 1.78. The highest BCUT2D eigenvalue weighted by molar-refractivity contribution is 7.98. The molecule has 2 aromatic carbocycles. The average molecular weight is 384 g/mol. The number of carbonyl (C=O) groups excluding carboxylic acids is 2. The molecule has 27 heavy (non-hydrogen) atoms. The number of benzene rings is 2. The number of rotatable bonds is 7. The van der Waals surface area contributed by atoms with Crippen LogP contribution < -0.4 is 10.6 Å². The third-order valence-electron chi connectivity index (χ3n) is 4.40. The van der Waals surface area contributed by atoms with Crippen molar-refractivity contribution in [2.75, 3.05) is 30.7 Å². The minimum atomic E-state index is -0.249. The summed E-state index contributed by atoms with van der Waals surface area (Å²) < 4.78 is 0. The van der Waals surface area contributed by atoms with E-state index >= 15 is 0 Å². The number of anilines is 1. The molecular formula is C21H25N3O2S. The molecule has 0 atom stereocenters. The Morgan fingerprint density at radius 1 is 1.00 bits per heavy atom. The molecule has 1 saturated heterocycles. The van der Waals surface area contributed by atoms with Gasteiger partial charge < -0.3 is 15.5 Å². The van der Waals surface area contributed by atoms with E-state index in [4.69, 9.17) is 0 Å². The van der Waals surface area contributed by atoms with Gasteiger partial charge in [0.05, 0.1) is 0 Å². The van der Waals surface area contributed by atoms with Crippen LogP contribution >= 0.6 is 11.8 Å². The molecule has 1 heterocycles. The van der Waals surface area contributed by atoms with Gasteiger partial charge in [-0.1, -0.05) is 36.4 Å². The van der Waals surface area contributed by atoms with E-state index in [1.165, 1.54) is 5.56 Å². The van der Waals surface area contributed by atoms with Crippen molar-refractivity contribution in [2.45, 2.75) is 18.6 Å². The van der Waals surface area contributed by atoms with Gasteiger partial charge in [-0.3, -0.25) is 4.79 Å². The number of amides is 3. The molecule has 0 radical (unpaired) electrons. The van der Waals surface area contributed by atoms with E-state index in [0.717, 1.165) is 37.4 Å². The number of urea groups is 1. The largest absolute Gasteiger partial charge is 0.339 e. The van der Waals surface area contributed by atoms with Crippen molar-refractivity contribution in [3.8, 4) is 0 Å². The number of nitrogens with one attached hydrogen (secondary N) is 2. The third-order valence-corrected chi connectivity index (χ3v) is 5.43. The predicted octanol–water partition coefficient (Wildman–Crippen LogP) is 3.98. The van der Waals surface area contributed by atoms with Crippen LogP contribution in [0.1, 0.15) is 28.8 Å². The molecule has 0 aliphatic carbocycles. The quantitative estimate of drug-likeness (QED) is 0.711. The Morgan fingerprint density at radius 3 is 2.56 bits per heavy atom. The number of hydrogen-bond donors (Lipinski definition) is 2. The van der Waals surface area contributed by atoms with Gasteiger partial charge in [0.15, 0.2) is 0 Å². The summed E-state index contributed by atoms with van der Waals surface area (Å²) in [5, 5.41) is 5.66. The third kappa shape index (κ3) is 6.03. The summed E-state index contributed by atoms with van der Waals surface area (Å²) in [6, 6.07) is 17.2. The minimum absolute atomic E-state index is 0.0360. The zero-order valence-corrected chi connectivity index (χ0v) is 16.1. The molecule has 0 aromatic heterocycles. The molecular weight excluding hydrogens is 358 g/mol. The lowest BCUT2D eigenvalue weighted by Crippen LogP contribution is -2.31. The van der Waals surface area contributed by atoms with Gasteiger partial charge >= 0.3 is 6.03 Å². The van der Waals surface area contributed by atoms with Crippen molar-refractivity contribution < 1.29 is 9.59 Å². The Bertz CT molecular complexity index is 761. The second kappa shape index (κ2) is 10.0. The van der Waals surface area contributed by atoms with E-state index in [9.17, 15) is 9.59 Å². The predicted molar refractivity (Wildman–Crippen MR) is 111 cm³/mol. The highest BCUT2D eigenvalue weighted by atomic mass is 32.2. The van der Waals surface area contributed by atoms with E-state index < -0.39 is 0 Å². The molecule has 1 aliphatic rings. The molecule has 142 valence electrons. The molecule has 0 saturated carbocycles. The van der Waals surface area contributed by atoms with Gasteiger partial charge in [-0.15, -0.1) is 0 Å². The van der Waals surface area contributed by atoms with Crippen LogP contribution in [-0.2, 0) is 5.75 Å². The van der Waals surface area contributed by atoms with Crippen molar-refractivity contribution in [2.24, 2.45) is 0 Å². The van der Waals surface area contributed by atoms with Crippen molar-refractivity contribution in [3.05, 3.63) is 65.7 Å². The fourth-order valence-corrected chi connectivity index (χ4v) is 3.83. The summed E-state index contributed by atoms with van der Waals surface area (Å²) in [5.41, 5.74) is 2.54. The average Bonchev–Trinajstić information content (AvgIpc) is 3.23. The van der Waals surface area contributed by atoms with Gasteiger partial charge in [0.2, 0.25) is 0 Å². The molecule has 3 rings (SSSR count). The van der Waals surface area contributed by atoms with Crippen molar-refractivity contribution >= 4 is 29.4 Å². The normalized spacial score (nSPS) is 13.4. The van der Waals surface area contributed by atoms with E-state index in [-0.39, 0.29) is 11.9 Å². The first-order chi connectivity index (χ1) is 13.2. The van der Waals surface area contributed by atoms with Crippen LogP contribution in [0.5, 0.6) is 0 Å². The lowest BCUT2D eigenvalue weighted by molar-refractivity contribution is 0.0793. The SMILES string of the molecule is O=C(NCCSCc1ccccc1)Nc1cccc(C(=O)N2CCCC2)c1. The Kier molecular flexibility index (Phi) is 7.16. The maximum absolute atomic E-state index is 12.4. The molecule has 0 spiro atoms. The van der Waals surface area contributed by atoms with Crippen LogP contribution in [0.4, 0.5) is 10.5 Å². The fraction of sp³-hybridized carbons (Fsp3) is 0.333. The van der Waals surface area contributed by atoms with Gasteiger partial charge in [0.1, 0.15) is 0 Å². The zero-order chi connectivity index (χ0) is 18.9. The molecule has 1 aliphatic heterocycles. The molecule has 2 aromatic rings. The highest BCUT2D eigenvalue weighted by Crippen LogP contribution is 2.16. The number of hydrogen-bond acceptors (Lipinski definition) is 3. The van der Waals surface area contributed by atoms with E-state index in [0.29, 0.717) is 17.8 Å². The summed E-state index contributed by atoms with van der Waals surface area (Å²) in [5.74, 6) is 1.81. The highest BCUT2D eigenvalue weighted by Gasteiger charge is 2.19. The van der Waals surface area contributed by atoms with Gasteiger partial charge in [0, 0.05) is 42.4 Å². The molecule has 5 nitrogen and oxygen atoms in total. The second-order valence-corrected chi connectivity index (χ2v) is 7.60. The number of thioether (sulfide) groups is 1. The van der Waals surface area contributed by atoms with Crippen LogP contribution in [0.2, 0.25) is 0 Å². The van der Waals surface area contributed by atoms with Crippen molar-refractivity contribution in [1.29, 1.82) is 0 Å². The van der Waals surface area contributed by atoms with Crippen LogP contribution in [0.3, 0.4) is 0 Å². The van der Waals surface area contributed by atoms with Crippen LogP contribution in [0.15, 0.2) is 54.6 Å². The van der Waals surface area contributed by atoms with Gasteiger partial charge in [0.25, 0.3) is 5.91 Å². The lowest BCUT2D eigenvalue weighted by atomic mass is 10.2. The fourth-order valence-electron chi connectivity index (χ4n) is 3.01. The number of carbonyl (C=O) groups is 2. The zero-order valence-electron chi connectivity index (χ0n) is 15.3. The molecule has 6 heteroatoms. The topological polar surface area (TPSA) is 61.4 Å². The lowest BCUT2D eigenvalue weighted by Gasteiger charge is -2.16. The van der Waals surface area contributed by atoms with Crippen molar-refractivity contribution in [3.63, 3.8) is 0 Å². The maximum atomic E-state index is 12.4. The van der Waals surface area contributed by atoms with Gasteiger partial charge in [-0.25, -0.2) is 4.79 Å². The number of nitrogens with zero attached hydrogens (tertiary/aromatic N) is 1. The van der Waals surface area contributed by atoms with Crippen LogP contribution in [-0.4, -0.2) is 42.2 Å². The molecule has 2 N–H and O–H groups in total. The maximum Gasteiger partial charge on any atom is 0.319 e. The minimum Gasteiger partial charge on any atom is -0.339 e. The van der Waals surface area contributed by atoms with Crippen molar-refractivity contribution in [1.82, 2.24) is 10.2 Å². The summed E-state index contributed by atoms with van der Waals surface area (Å²) in [6.45, 7) is 2.23.